The molecule has 1 amide bonds. The van der Waals surface area contributed by atoms with E-state index in [1.54, 1.807) is 19.2 Å². The third-order valence-electron chi connectivity index (χ3n) is 5.49. The number of carbonyl (C=O) groups is 1. The van der Waals surface area contributed by atoms with Gasteiger partial charge in [0, 0.05) is 18.2 Å². The number of pyridine rings is 1. The molecule has 1 aromatic carbocycles. The Morgan fingerprint density at radius 1 is 0.968 bits per heavy atom. The highest BCUT2D eigenvalue weighted by Gasteiger charge is 2.15. The fraction of sp³-hybridized carbons (Fsp3) is 0.538. The average molecular weight is 428 g/mol. The van der Waals surface area contributed by atoms with Crippen molar-refractivity contribution in [1.82, 2.24) is 5.32 Å². The molecule has 1 N–H and O–H groups in total. The second-order valence-corrected chi connectivity index (χ2v) is 7.85. The number of methoxy groups -OCH3 is 1. The lowest BCUT2D eigenvalue weighted by molar-refractivity contribution is -0.701. The van der Waals surface area contributed by atoms with Crippen molar-refractivity contribution in [3.05, 3.63) is 53.9 Å². The molecule has 2 rings (SSSR count). The van der Waals surface area contributed by atoms with Crippen LogP contribution in [0.1, 0.15) is 81.3 Å². The van der Waals surface area contributed by atoms with Crippen molar-refractivity contribution in [3.8, 4) is 11.5 Å². The topological polar surface area (TPSA) is 51.4 Å². The zero-order chi connectivity index (χ0) is 22.3. The quantitative estimate of drug-likeness (QED) is 0.304. The van der Waals surface area contributed by atoms with Crippen molar-refractivity contribution >= 4 is 5.91 Å². The Morgan fingerprint density at radius 2 is 1.71 bits per heavy atom. The molecule has 0 aliphatic carbocycles. The molecule has 0 saturated carbocycles. The number of benzene rings is 1. The number of hydrogen-bond donors (Lipinski definition) is 1. The molecule has 31 heavy (non-hydrogen) atoms. The number of unbranched alkanes of at least 4 members (excludes halogenated alkanes) is 7. The van der Waals surface area contributed by atoms with Gasteiger partial charge in [-0.2, -0.15) is 0 Å². The second kappa shape index (κ2) is 14.4. The highest BCUT2D eigenvalue weighted by atomic mass is 16.5. The summed E-state index contributed by atoms with van der Waals surface area (Å²) in [7, 11) is 1.58. The summed E-state index contributed by atoms with van der Waals surface area (Å²) in [6, 6.07) is 11.4. The van der Waals surface area contributed by atoms with Crippen LogP contribution in [0.2, 0.25) is 0 Å². The molecule has 5 nitrogen and oxygen atoms in total. The molecule has 0 aliphatic rings. The summed E-state index contributed by atoms with van der Waals surface area (Å²) in [6.07, 6.45) is 12.2. The van der Waals surface area contributed by atoms with Gasteiger partial charge in [-0.15, -0.1) is 0 Å². The van der Waals surface area contributed by atoms with Crippen LogP contribution in [-0.4, -0.2) is 19.6 Å². The van der Waals surface area contributed by atoms with Crippen LogP contribution in [0.3, 0.4) is 0 Å². The lowest BCUT2D eigenvalue weighted by Crippen LogP contribution is -2.39. The maximum Gasteiger partial charge on any atom is 0.255 e. The number of amides is 1. The van der Waals surface area contributed by atoms with E-state index in [2.05, 4.69) is 23.7 Å². The van der Waals surface area contributed by atoms with Crippen molar-refractivity contribution in [2.75, 3.05) is 13.7 Å². The van der Waals surface area contributed by atoms with E-state index in [0.717, 1.165) is 24.4 Å². The number of ether oxygens (including phenoxy) is 2. The number of aromatic nitrogens is 1. The van der Waals surface area contributed by atoms with Crippen LogP contribution >= 0.6 is 0 Å². The predicted octanol–water partition coefficient (Wildman–Crippen LogP) is 5.45. The second-order valence-electron chi connectivity index (χ2n) is 7.85. The van der Waals surface area contributed by atoms with Gasteiger partial charge >= 0.3 is 0 Å². The molecule has 0 saturated heterocycles. The molecule has 1 heterocycles. The first-order chi connectivity index (χ1) is 15.2. The lowest BCUT2D eigenvalue weighted by atomic mass is 10.1. The Labute approximate surface area is 187 Å². The Hall–Kier alpha value is -2.56. The Balaban J connectivity index is 1.79. The number of carbonyl (C=O) groups excluding carboxylic acids is 1. The SMILES string of the molecule is CCCCCCCCCCOc1ccc(C(=O)NCc2cccc[n+]2CC)c(OC)c1. The van der Waals surface area contributed by atoms with E-state index < -0.39 is 0 Å². The number of nitrogens with zero attached hydrogens (tertiary/aromatic N) is 1. The monoisotopic (exact) mass is 427 g/mol. The van der Waals surface area contributed by atoms with Crippen molar-refractivity contribution in [2.24, 2.45) is 0 Å². The highest BCUT2D eigenvalue weighted by Crippen LogP contribution is 2.25. The first-order valence-electron chi connectivity index (χ1n) is 11.8. The summed E-state index contributed by atoms with van der Waals surface area (Å²) in [4.78, 5) is 12.7. The van der Waals surface area contributed by atoms with E-state index in [-0.39, 0.29) is 5.91 Å². The third kappa shape index (κ3) is 8.60. The zero-order valence-electron chi connectivity index (χ0n) is 19.5. The first kappa shape index (κ1) is 24.7. The smallest absolute Gasteiger partial charge is 0.255 e. The van der Waals surface area contributed by atoms with Crippen LogP contribution in [0.5, 0.6) is 11.5 Å². The molecule has 0 bridgehead atoms. The number of hydrogen-bond acceptors (Lipinski definition) is 3. The Morgan fingerprint density at radius 3 is 2.42 bits per heavy atom. The summed E-state index contributed by atoms with van der Waals surface area (Å²) in [5, 5.41) is 2.99. The van der Waals surface area contributed by atoms with Gasteiger partial charge in [0.15, 0.2) is 6.20 Å². The summed E-state index contributed by atoms with van der Waals surface area (Å²) < 4.78 is 13.4. The molecular weight excluding hydrogens is 388 g/mol. The Kier molecular flexibility index (Phi) is 11.5. The Bertz CT molecular complexity index is 792. The number of nitrogens with one attached hydrogen (secondary N) is 1. The fourth-order valence-electron chi connectivity index (χ4n) is 3.62. The van der Waals surface area contributed by atoms with Crippen molar-refractivity contribution < 1.29 is 18.8 Å². The minimum absolute atomic E-state index is 0.155. The van der Waals surface area contributed by atoms with E-state index in [1.165, 1.54) is 44.9 Å². The van der Waals surface area contributed by atoms with Crippen LogP contribution in [0.25, 0.3) is 0 Å². The predicted molar refractivity (Wildman–Crippen MR) is 125 cm³/mol. The molecule has 5 heteroatoms. The van der Waals surface area contributed by atoms with Gasteiger partial charge in [0.1, 0.15) is 24.6 Å². The fourth-order valence-corrected chi connectivity index (χ4v) is 3.62. The van der Waals surface area contributed by atoms with Crippen molar-refractivity contribution in [2.45, 2.75) is 78.3 Å². The summed E-state index contributed by atoms with van der Waals surface area (Å²) in [6.45, 7) is 6.35. The standard InChI is InChI=1S/C26H38N2O3/c1-4-6-7-8-9-10-11-14-19-31-23-16-17-24(25(20-23)30-3)26(29)27-21-22-15-12-13-18-28(22)5-2/h12-13,15-18,20H,4-11,14,19,21H2,1-3H3/p+1. The molecule has 0 atom stereocenters. The maximum absolute atomic E-state index is 12.7. The van der Waals surface area contributed by atoms with Crippen molar-refractivity contribution in [1.29, 1.82) is 0 Å². The summed E-state index contributed by atoms with van der Waals surface area (Å²) >= 11 is 0. The van der Waals surface area contributed by atoms with E-state index >= 15 is 0 Å². The van der Waals surface area contributed by atoms with Gasteiger partial charge in [-0.05, 0) is 25.5 Å². The lowest BCUT2D eigenvalue weighted by Gasteiger charge is -2.12. The van der Waals surface area contributed by atoms with Gasteiger partial charge in [0.05, 0.1) is 19.3 Å². The highest BCUT2D eigenvalue weighted by molar-refractivity contribution is 5.97. The van der Waals surface area contributed by atoms with E-state index in [4.69, 9.17) is 9.47 Å². The maximum atomic E-state index is 12.7. The van der Waals surface area contributed by atoms with Gasteiger partial charge in [-0.25, -0.2) is 4.57 Å². The normalized spacial score (nSPS) is 10.7. The van der Waals surface area contributed by atoms with E-state index in [9.17, 15) is 4.79 Å². The largest absolute Gasteiger partial charge is 0.496 e. The third-order valence-corrected chi connectivity index (χ3v) is 5.49. The van der Waals surface area contributed by atoms with E-state index in [0.29, 0.717) is 24.5 Å². The molecule has 2 aromatic rings. The van der Waals surface area contributed by atoms with Gasteiger partial charge < -0.3 is 14.8 Å². The molecule has 0 radical (unpaired) electrons. The molecule has 0 aliphatic heterocycles. The van der Waals surface area contributed by atoms with Gasteiger partial charge in [-0.1, -0.05) is 57.9 Å². The van der Waals surface area contributed by atoms with Crippen LogP contribution in [0.4, 0.5) is 0 Å². The average Bonchev–Trinajstić information content (AvgIpc) is 2.81. The van der Waals surface area contributed by atoms with Gasteiger partial charge in [0.25, 0.3) is 5.91 Å². The van der Waals surface area contributed by atoms with E-state index in [1.807, 2.05) is 30.5 Å². The molecular formula is C26H39N2O3+. The summed E-state index contributed by atoms with van der Waals surface area (Å²) in [5.41, 5.74) is 1.57. The molecule has 0 fully saturated rings. The number of rotatable bonds is 15. The van der Waals surface area contributed by atoms with Gasteiger partial charge in [-0.3, -0.25) is 4.79 Å². The molecule has 1 aromatic heterocycles. The van der Waals surface area contributed by atoms with Gasteiger partial charge in [0.2, 0.25) is 5.69 Å². The minimum Gasteiger partial charge on any atom is -0.496 e. The molecule has 170 valence electrons. The van der Waals surface area contributed by atoms with Crippen LogP contribution in [0, 0.1) is 0 Å². The molecule has 0 unspecified atom stereocenters. The minimum atomic E-state index is -0.155. The zero-order valence-corrected chi connectivity index (χ0v) is 19.5. The molecule has 0 spiro atoms. The number of aryl methyl sites for hydroxylation is 1. The summed E-state index contributed by atoms with van der Waals surface area (Å²) in [5.74, 6) is 1.11. The van der Waals surface area contributed by atoms with Crippen LogP contribution < -0.4 is 19.4 Å². The first-order valence-corrected chi connectivity index (χ1v) is 11.8. The van der Waals surface area contributed by atoms with Crippen LogP contribution in [0.15, 0.2) is 42.6 Å². The van der Waals surface area contributed by atoms with Crippen LogP contribution in [-0.2, 0) is 13.1 Å². The van der Waals surface area contributed by atoms with Crippen molar-refractivity contribution in [3.63, 3.8) is 0 Å².